The van der Waals surface area contributed by atoms with Crippen LogP contribution in [0.1, 0.15) is 30.9 Å². The number of para-hydroxylation sites is 1. The normalized spacial score (nSPS) is 10.7. The van der Waals surface area contributed by atoms with Gasteiger partial charge in [-0.3, -0.25) is 4.79 Å². The second-order valence-corrected chi connectivity index (χ2v) is 4.87. The van der Waals surface area contributed by atoms with E-state index in [9.17, 15) is 4.79 Å². The highest BCUT2D eigenvalue weighted by Gasteiger charge is 2.26. The summed E-state index contributed by atoms with van der Waals surface area (Å²) in [4.78, 5) is 13.8. The lowest BCUT2D eigenvalue weighted by Gasteiger charge is -2.23. The van der Waals surface area contributed by atoms with Crippen LogP contribution in [-0.4, -0.2) is 22.0 Å². The number of carbonyl (C=O) groups excluding carboxylic acids is 1. The van der Waals surface area contributed by atoms with Crippen molar-refractivity contribution >= 4 is 29.2 Å². The molecule has 0 unspecified atom stereocenters. The van der Waals surface area contributed by atoms with Crippen molar-refractivity contribution in [3.63, 3.8) is 0 Å². The maximum absolute atomic E-state index is 12.3. The quantitative estimate of drug-likeness (QED) is 0.794. The molecule has 2 rings (SSSR count). The molecule has 112 valence electrons. The summed E-state index contributed by atoms with van der Waals surface area (Å²) >= 11 is 5.76. The Bertz CT molecular complexity index is 617. The van der Waals surface area contributed by atoms with Crippen LogP contribution in [0.25, 0.3) is 0 Å². The minimum absolute atomic E-state index is 0.150. The zero-order chi connectivity index (χ0) is 15.4. The molecule has 1 aromatic carbocycles. The number of amides is 1. The highest BCUT2D eigenvalue weighted by atomic mass is 35.5. The first-order valence-electron chi connectivity index (χ1n) is 6.92. The van der Waals surface area contributed by atoms with Crippen molar-refractivity contribution in [2.24, 2.45) is 0 Å². The molecular formula is C15H18ClN3O2. The molecular weight excluding hydrogens is 290 g/mol. The predicted molar refractivity (Wildman–Crippen MR) is 82.1 cm³/mol. The van der Waals surface area contributed by atoms with Crippen LogP contribution in [-0.2, 0) is 17.6 Å². The SMILES string of the molecule is CCc1cccc(CC)c1N(C(=O)CCl)c1nnc(C)o1. The van der Waals surface area contributed by atoms with Gasteiger partial charge in [-0.05, 0) is 24.0 Å². The third-order valence-electron chi connectivity index (χ3n) is 3.26. The third kappa shape index (κ3) is 3.08. The largest absolute Gasteiger partial charge is 0.408 e. The number of aromatic nitrogens is 2. The lowest BCUT2D eigenvalue weighted by Crippen LogP contribution is -2.29. The first-order chi connectivity index (χ1) is 10.1. The van der Waals surface area contributed by atoms with Gasteiger partial charge in [0.25, 0.3) is 0 Å². The fraction of sp³-hybridized carbons (Fsp3) is 0.400. The van der Waals surface area contributed by atoms with E-state index in [-0.39, 0.29) is 17.8 Å². The van der Waals surface area contributed by atoms with Crippen LogP contribution in [0.3, 0.4) is 0 Å². The number of anilines is 2. The van der Waals surface area contributed by atoms with Crippen LogP contribution < -0.4 is 4.90 Å². The summed E-state index contributed by atoms with van der Waals surface area (Å²) in [6.45, 7) is 5.77. The smallest absolute Gasteiger partial charge is 0.329 e. The van der Waals surface area contributed by atoms with Crippen molar-refractivity contribution in [1.82, 2.24) is 10.2 Å². The Morgan fingerprint density at radius 3 is 2.29 bits per heavy atom. The van der Waals surface area contributed by atoms with Gasteiger partial charge in [-0.15, -0.1) is 16.7 Å². The number of carbonyl (C=O) groups is 1. The van der Waals surface area contributed by atoms with E-state index >= 15 is 0 Å². The zero-order valence-corrected chi connectivity index (χ0v) is 13.1. The Morgan fingerprint density at radius 2 is 1.86 bits per heavy atom. The minimum atomic E-state index is -0.282. The van der Waals surface area contributed by atoms with Crippen molar-refractivity contribution in [3.8, 4) is 0 Å². The molecule has 21 heavy (non-hydrogen) atoms. The molecule has 0 aliphatic rings. The summed E-state index contributed by atoms with van der Waals surface area (Å²) in [5.41, 5.74) is 2.89. The van der Waals surface area contributed by atoms with Crippen LogP contribution in [0.4, 0.5) is 11.7 Å². The molecule has 0 atom stereocenters. The average molecular weight is 308 g/mol. The Balaban J connectivity index is 2.64. The summed E-state index contributed by atoms with van der Waals surface area (Å²) in [6.07, 6.45) is 1.59. The molecule has 0 radical (unpaired) electrons. The molecule has 6 heteroatoms. The van der Waals surface area contributed by atoms with Crippen LogP contribution in [0.5, 0.6) is 0 Å². The van der Waals surface area contributed by atoms with E-state index in [1.54, 1.807) is 6.92 Å². The number of halogens is 1. The Morgan fingerprint density at radius 1 is 1.24 bits per heavy atom. The molecule has 1 heterocycles. The van der Waals surface area contributed by atoms with Gasteiger partial charge in [0, 0.05) is 6.92 Å². The summed E-state index contributed by atoms with van der Waals surface area (Å²) < 4.78 is 5.45. The Labute approximate surface area is 128 Å². The van der Waals surface area contributed by atoms with Gasteiger partial charge in [-0.2, -0.15) is 0 Å². The minimum Gasteiger partial charge on any atom is -0.408 e. The van der Waals surface area contributed by atoms with Gasteiger partial charge in [0.1, 0.15) is 5.88 Å². The molecule has 0 aliphatic heterocycles. The molecule has 1 aromatic heterocycles. The highest BCUT2D eigenvalue weighted by molar-refractivity contribution is 6.30. The van der Waals surface area contributed by atoms with E-state index in [0.717, 1.165) is 29.7 Å². The van der Waals surface area contributed by atoms with E-state index in [0.29, 0.717) is 5.89 Å². The molecule has 2 aromatic rings. The van der Waals surface area contributed by atoms with Crippen LogP contribution in [0.2, 0.25) is 0 Å². The van der Waals surface area contributed by atoms with Crippen LogP contribution in [0, 0.1) is 6.92 Å². The van der Waals surface area contributed by atoms with Crippen molar-refractivity contribution in [2.45, 2.75) is 33.6 Å². The number of alkyl halides is 1. The lowest BCUT2D eigenvalue weighted by atomic mass is 10.0. The van der Waals surface area contributed by atoms with E-state index in [2.05, 4.69) is 10.2 Å². The molecule has 1 amide bonds. The topological polar surface area (TPSA) is 59.2 Å². The number of nitrogens with zero attached hydrogens (tertiary/aromatic N) is 3. The molecule has 0 saturated heterocycles. The van der Waals surface area contributed by atoms with Crippen LogP contribution >= 0.6 is 11.6 Å². The number of benzene rings is 1. The van der Waals surface area contributed by atoms with E-state index in [4.69, 9.17) is 16.0 Å². The van der Waals surface area contributed by atoms with Gasteiger partial charge in [0.05, 0.1) is 5.69 Å². The first-order valence-corrected chi connectivity index (χ1v) is 7.45. The standard InChI is InChI=1S/C15H18ClN3O2/c1-4-11-7-6-8-12(5-2)14(11)19(13(20)9-16)15-18-17-10(3)21-15/h6-8H,4-5,9H2,1-3H3. The van der Waals surface area contributed by atoms with E-state index in [1.807, 2.05) is 32.0 Å². The molecule has 0 aliphatic carbocycles. The second kappa shape index (κ2) is 6.72. The van der Waals surface area contributed by atoms with Gasteiger partial charge in [-0.25, -0.2) is 4.90 Å². The fourth-order valence-electron chi connectivity index (χ4n) is 2.27. The first kappa shape index (κ1) is 15.5. The number of hydrogen-bond acceptors (Lipinski definition) is 4. The summed E-state index contributed by atoms with van der Waals surface area (Å²) in [6, 6.07) is 6.14. The number of hydrogen-bond donors (Lipinski definition) is 0. The predicted octanol–water partition coefficient (Wildman–Crippen LogP) is 3.41. The molecule has 0 N–H and O–H groups in total. The van der Waals surface area contributed by atoms with Crippen molar-refractivity contribution in [2.75, 3.05) is 10.8 Å². The lowest BCUT2D eigenvalue weighted by molar-refractivity contribution is -0.115. The monoisotopic (exact) mass is 307 g/mol. The maximum atomic E-state index is 12.3. The van der Waals surface area contributed by atoms with Gasteiger partial charge >= 0.3 is 6.01 Å². The summed E-state index contributed by atoms with van der Waals surface area (Å²) in [5.74, 6) is -0.0249. The highest BCUT2D eigenvalue weighted by Crippen LogP contribution is 2.32. The number of rotatable bonds is 5. The molecule has 0 fully saturated rings. The zero-order valence-electron chi connectivity index (χ0n) is 12.4. The van der Waals surface area contributed by atoms with E-state index < -0.39 is 0 Å². The maximum Gasteiger partial charge on any atom is 0.329 e. The molecule has 5 nitrogen and oxygen atoms in total. The second-order valence-electron chi connectivity index (χ2n) is 4.60. The Hall–Kier alpha value is -1.88. The molecule has 0 bridgehead atoms. The molecule has 0 spiro atoms. The van der Waals surface area contributed by atoms with Gasteiger partial charge in [0.15, 0.2) is 0 Å². The van der Waals surface area contributed by atoms with Crippen molar-refractivity contribution in [1.29, 1.82) is 0 Å². The van der Waals surface area contributed by atoms with Gasteiger partial charge in [0.2, 0.25) is 11.8 Å². The van der Waals surface area contributed by atoms with Crippen molar-refractivity contribution in [3.05, 3.63) is 35.2 Å². The van der Waals surface area contributed by atoms with Gasteiger partial charge < -0.3 is 4.42 Å². The average Bonchev–Trinajstić information content (AvgIpc) is 2.93. The number of aryl methyl sites for hydroxylation is 3. The summed E-state index contributed by atoms with van der Waals surface area (Å²) in [7, 11) is 0. The van der Waals surface area contributed by atoms with Crippen LogP contribution in [0.15, 0.2) is 22.6 Å². The fourth-order valence-corrected chi connectivity index (χ4v) is 2.39. The van der Waals surface area contributed by atoms with Gasteiger partial charge in [-0.1, -0.05) is 37.1 Å². The summed E-state index contributed by atoms with van der Waals surface area (Å²) in [5, 5.41) is 7.78. The van der Waals surface area contributed by atoms with Crippen molar-refractivity contribution < 1.29 is 9.21 Å². The van der Waals surface area contributed by atoms with E-state index in [1.165, 1.54) is 4.90 Å². The molecule has 0 saturated carbocycles. The Kier molecular flexibility index (Phi) is 4.96. The third-order valence-corrected chi connectivity index (χ3v) is 3.49.